The molecular formula is C12H20N2O3S2. The summed E-state index contributed by atoms with van der Waals surface area (Å²) in [5.41, 5.74) is 0. The van der Waals surface area contributed by atoms with Crippen molar-refractivity contribution >= 4 is 27.3 Å². The lowest BCUT2D eigenvalue weighted by atomic mass is 10.1. The zero-order chi connectivity index (χ0) is 14.6. The van der Waals surface area contributed by atoms with Crippen molar-refractivity contribution in [3.63, 3.8) is 0 Å². The first-order valence-electron chi connectivity index (χ1n) is 6.01. The molecular weight excluding hydrogens is 284 g/mol. The molecule has 0 aromatic carbocycles. The molecule has 1 amide bonds. The average molecular weight is 304 g/mol. The second-order valence-corrected chi connectivity index (χ2v) is 8.43. The highest BCUT2D eigenvalue weighted by Gasteiger charge is 2.19. The van der Waals surface area contributed by atoms with E-state index in [-0.39, 0.29) is 5.91 Å². The molecule has 1 N–H and O–H groups in total. The van der Waals surface area contributed by atoms with Crippen molar-refractivity contribution in [1.82, 2.24) is 9.62 Å². The maximum atomic E-state index is 11.9. The Bertz CT molecular complexity index is 533. The van der Waals surface area contributed by atoms with E-state index in [0.717, 1.165) is 4.88 Å². The standard InChI is InChI=1S/C12H20N2O3S2/c1-9(2)7-11(15)13-8-10-5-6-12(18-10)19(16,17)14(3)4/h5-6,9H,7-8H2,1-4H3,(H,13,15). The van der Waals surface area contributed by atoms with Gasteiger partial charge in [-0.1, -0.05) is 13.8 Å². The second kappa shape index (κ2) is 6.49. The highest BCUT2D eigenvalue weighted by molar-refractivity contribution is 7.91. The van der Waals surface area contributed by atoms with E-state index in [4.69, 9.17) is 0 Å². The van der Waals surface area contributed by atoms with Crippen molar-refractivity contribution in [3.05, 3.63) is 17.0 Å². The van der Waals surface area contributed by atoms with Gasteiger partial charge in [0, 0.05) is 25.4 Å². The number of nitrogens with one attached hydrogen (secondary N) is 1. The summed E-state index contributed by atoms with van der Waals surface area (Å²) in [5, 5.41) is 2.79. The van der Waals surface area contributed by atoms with Crippen LogP contribution < -0.4 is 5.32 Å². The summed E-state index contributed by atoms with van der Waals surface area (Å²) in [5.74, 6) is 0.299. The summed E-state index contributed by atoms with van der Waals surface area (Å²) >= 11 is 1.18. The highest BCUT2D eigenvalue weighted by atomic mass is 32.2. The lowest BCUT2D eigenvalue weighted by Gasteiger charge is -2.08. The van der Waals surface area contributed by atoms with Crippen molar-refractivity contribution in [3.8, 4) is 0 Å². The Morgan fingerprint density at radius 1 is 1.37 bits per heavy atom. The van der Waals surface area contributed by atoms with Crippen molar-refractivity contribution in [2.45, 2.75) is 31.0 Å². The molecule has 0 aliphatic rings. The summed E-state index contributed by atoms with van der Waals surface area (Å²) in [7, 11) is -0.376. The number of rotatable bonds is 6. The molecule has 1 heterocycles. The lowest BCUT2D eigenvalue weighted by molar-refractivity contribution is -0.121. The van der Waals surface area contributed by atoms with Gasteiger partial charge >= 0.3 is 0 Å². The molecule has 0 fully saturated rings. The maximum Gasteiger partial charge on any atom is 0.252 e. The summed E-state index contributed by atoms with van der Waals surface area (Å²) in [6, 6.07) is 3.31. The number of hydrogen-bond donors (Lipinski definition) is 1. The zero-order valence-corrected chi connectivity index (χ0v) is 13.3. The molecule has 0 unspecified atom stereocenters. The second-order valence-electron chi connectivity index (χ2n) is 4.88. The minimum absolute atomic E-state index is 0.0135. The SMILES string of the molecule is CC(C)CC(=O)NCc1ccc(S(=O)(=O)N(C)C)s1. The minimum atomic E-state index is -3.37. The fraction of sp³-hybridized carbons (Fsp3) is 0.583. The molecule has 0 atom stereocenters. The van der Waals surface area contributed by atoms with Gasteiger partial charge in [0.1, 0.15) is 4.21 Å². The summed E-state index contributed by atoms with van der Waals surface area (Å²) in [6.45, 7) is 4.33. The molecule has 19 heavy (non-hydrogen) atoms. The van der Waals surface area contributed by atoms with Crippen molar-refractivity contribution in [1.29, 1.82) is 0 Å². The van der Waals surface area contributed by atoms with Crippen LogP contribution in [0.2, 0.25) is 0 Å². The Balaban J connectivity index is 2.64. The molecule has 108 valence electrons. The highest BCUT2D eigenvalue weighted by Crippen LogP contribution is 2.23. The van der Waals surface area contributed by atoms with Crippen LogP contribution >= 0.6 is 11.3 Å². The number of carbonyl (C=O) groups excluding carboxylic acids is 1. The summed E-state index contributed by atoms with van der Waals surface area (Å²) < 4.78 is 25.2. The van der Waals surface area contributed by atoms with Gasteiger partial charge in [-0.15, -0.1) is 11.3 Å². The van der Waals surface area contributed by atoms with Crippen LogP contribution in [0.3, 0.4) is 0 Å². The molecule has 0 aliphatic heterocycles. The molecule has 7 heteroatoms. The van der Waals surface area contributed by atoms with Crippen molar-refractivity contribution in [2.75, 3.05) is 14.1 Å². The normalized spacial score (nSPS) is 12.1. The van der Waals surface area contributed by atoms with Gasteiger partial charge in [0.05, 0.1) is 6.54 Å². The van der Waals surface area contributed by atoms with Crippen LogP contribution in [0.15, 0.2) is 16.3 Å². The molecule has 0 bridgehead atoms. The Kier molecular flexibility index (Phi) is 5.51. The van der Waals surface area contributed by atoms with Gasteiger partial charge < -0.3 is 5.32 Å². The van der Waals surface area contributed by atoms with Crippen LogP contribution in [0.5, 0.6) is 0 Å². The number of carbonyl (C=O) groups is 1. The Morgan fingerprint density at radius 3 is 2.53 bits per heavy atom. The Labute approximate surface area is 118 Å². The van der Waals surface area contributed by atoms with Gasteiger partial charge in [-0.2, -0.15) is 0 Å². The molecule has 0 saturated carbocycles. The smallest absolute Gasteiger partial charge is 0.252 e. The largest absolute Gasteiger partial charge is 0.351 e. The van der Waals surface area contributed by atoms with Crippen LogP contribution in [-0.4, -0.2) is 32.7 Å². The summed E-state index contributed by atoms with van der Waals surface area (Å²) in [4.78, 5) is 12.3. The van der Waals surface area contributed by atoms with E-state index in [0.29, 0.717) is 23.1 Å². The van der Waals surface area contributed by atoms with E-state index < -0.39 is 10.0 Å². The van der Waals surface area contributed by atoms with Gasteiger partial charge in [-0.05, 0) is 18.1 Å². The number of thiophene rings is 1. The Morgan fingerprint density at radius 2 is 2.00 bits per heavy atom. The van der Waals surface area contributed by atoms with Crippen molar-refractivity contribution < 1.29 is 13.2 Å². The van der Waals surface area contributed by atoms with E-state index in [9.17, 15) is 13.2 Å². The number of sulfonamides is 1. The monoisotopic (exact) mass is 304 g/mol. The van der Waals surface area contributed by atoms with Crippen LogP contribution in [-0.2, 0) is 21.4 Å². The van der Waals surface area contributed by atoms with E-state index in [1.165, 1.54) is 29.7 Å². The first-order valence-corrected chi connectivity index (χ1v) is 8.27. The number of hydrogen-bond acceptors (Lipinski definition) is 4. The minimum Gasteiger partial charge on any atom is -0.351 e. The average Bonchev–Trinajstić information content (AvgIpc) is 2.74. The summed E-state index contributed by atoms with van der Waals surface area (Å²) in [6.07, 6.45) is 0.480. The Hall–Kier alpha value is -0.920. The molecule has 1 aromatic rings. The van der Waals surface area contributed by atoms with Gasteiger partial charge in [-0.3, -0.25) is 4.79 Å². The predicted octanol–water partition coefficient (Wildman–Crippen LogP) is 1.66. The van der Waals surface area contributed by atoms with Crippen LogP contribution in [0.1, 0.15) is 25.1 Å². The third kappa shape index (κ3) is 4.59. The molecule has 1 rings (SSSR count). The topological polar surface area (TPSA) is 66.5 Å². The number of nitrogens with zero attached hydrogens (tertiary/aromatic N) is 1. The van der Waals surface area contributed by atoms with Gasteiger partial charge in [0.25, 0.3) is 10.0 Å². The van der Waals surface area contributed by atoms with Crippen molar-refractivity contribution in [2.24, 2.45) is 5.92 Å². The molecule has 5 nitrogen and oxygen atoms in total. The molecule has 1 aromatic heterocycles. The third-order valence-electron chi connectivity index (χ3n) is 2.43. The number of amides is 1. The first-order chi connectivity index (χ1) is 8.73. The predicted molar refractivity (Wildman–Crippen MR) is 76.5 cm³/mol. The molecule has 0 saturated heterocycles. The van der Waals surface area contributed by atoms with Gasteiger partial charge in [-0.25, -0.2) is 12.7 Å². The molecule has 0 aliphatic carbocycles. The van der Waals surface area contributed by atoms with Gasteiger partial charge in [0.15, 0.2) is 0 Å². The van der Waals surface area contributed by atoms with E-state index in [1.807, 2.05) is 13.8 Å². The zero-order valence-electron chi connectivity index (χ0n) is 11.6. The maximum absolute atomic E-state index is 11.9. The van der Waals surface area contributed by atoms with Crippen LogP contribution in [0, 0.1) is 5.92 Å². The van der Waals surface area contributed by atoms with E-state index in [2.05, 4.69) is 5.32 Å². The lowest BCUT2D eigenvalue weighted by Crippen LogP contribution is -2.23. The fourth-order valence-corrected chi connectivity index (χ4v) is 3.86. The fourth-order valence-electron chi connectivity index (χ4n) is 1.40. The van der Waals surface area contributed by atoms with Gasteiger partial charge in [0.2, 0.25) is 5.91 Å². The molecule has 0 spiro atoms. The van der Waals surface area contributed by atoms with E-state index >= 15 is 0 Å². The van der Waals surface area contributed by atoms with Crippen LogP contribution in [0.4, 0.5) is 0 Å². The third-order valence-corrected chi connectivity index (χ3v) is 5.79. The first kappa shape index (κ1) is 16.1. The van der Waals surface area contributed by atoms with E-state index in [1.54, 1.807) is 12.1 Å². The van der Waals surface area contributed by atoms with Crippen LogP contribution in [0.25, 0.3) is 0 Å². The quantitative estimate of drug-likeness (QED) is 0.869. The molecule has 0 radical (unpaired) electrons.